The maximum Gasteiger partial charge on any atom is 0.338 e. The minimum Gasteiger partial charge on any atom is -0.478 e. The molecule has 0 aliphatic heterocycles. The quantitative estimate of drug-likeness (QED) is 0.686. The topological polar surface area (TPSA) is 87.5 Å². The van der Waals surface area contributed by atoms with Crippen molar-refractivity contribution in [3.05, 3.63) is 18.0 Å². The third-order valence-electron chi connectivity index (χ3n) is 3.09. The first-order chi connectivity index (χ1) is 9.56. The monoisotopic (exact) mass is 282 g/mol. The molecular formula is C13H22N4O3. The van der Waals surface area contributed by atoms with E-state index in [2.05, 4.69) is 29.2 Å². The van der Waals surface area contributed by atoms with Crippen molar-refractivity contribution >= 4 is 11.9 Å². The third-order valence-corrected chi connectivity index (χ3v) is 3.09. The molecule has 0 bridgehead atoms. The lowest BCUT2D eigenvalue weighted by Crippen LogP contribution is -2.35. The zero-order valence-corrected chi connectivity index (χ0v) is 12.0. The Balaban J connectivity index is 2.24. The molecule has 1 rings (SSSR count). The van der Waals surface area contributed by atoms with Crippen LogP contribution in [0.1, 0.15) is 30.6 Å². The Morgan fingerprint density at radius 2 is 2.10 bits per heavy atom. The van der Waals surface area contributed by atoms with Crippen molar-refractivity contribution in [2.75, 3.05) is 26.2 Å². The van der Waals surface area contributed by atoms with E-state index in [9.17, 15) is 9.59 Å². The minimum absolute atomic E-state index is 0.0514. The summed E-state index contributed by atoms with van der Waals surface area (Å²) in [6, 6.07) is 0. The van der Waals surface area contributed by atoms with Crippen LogP contribution in [0.15, 0.2) is 12.4 Å². The first kappa shape index (κ1) is 16.2. The molecule has 112 valence electrons. The van der Waals surface area contributed by atoms with E-state index in [1.165, 1.54) is 17.1 Å². The standard InChI is InChI=1S/C13H22N4O3/c1-3-16(4-2)8-6-14-12(18)5-7-17-10-11(9-15-17)13(19)20/h9-10H,3-8H2,1-2H3,(H,14,18)(H,19,20). The van der Waals surface area contributed by atoms with E-state index in [-0.39, 0.29) is 11.5 Å². The second kappa shape index (κ2) is 8.31. The number of hydrogen-bond donors (Lipinski definition) is 2. The molecule has 1 aromatic heterocycles. The van der Waals surface area contributed by atoms with Crippen LogP contribution in [0.4, 0.5) is 0 Å². The van der Waals surface area contributed by atoms with Gasteiger partial charge in [0, 0.05) is 32.3 Å². The predicted molar refractivity (Wildman–Crippen MR) is 74.6 cm³/mol. The molecule has 2 N–H and O–H groups in total. The van der Waals surface area contributed by atoms with Crippen LogP contribution in [0.3, 0.4) is 0 Å². The Morgan fingerprint density at radius 1 is 1.40 bits per heavy atom. The normalized spacial score (nSPS) is 10.8. The lowest BCUT2D eigenvalue weighted by molar-refractivity contribution is -0.121. The van der Waals surface area contributed by atoms with Gasteiger partial charge >= 0.3 is 5.97 Å². The highest BCUT2D eigenvalue weighted by atomic mass is 16.4. The van der Waals surface area contributed by atoms with Gasteiger partial charge in [0.2, 0.25) is 5.91 Å². The minimum atomic E-state index is -1.01. The summed E-state index contributed by atoms with van der Waals surface area (Å²) in [5.74, 6) is -1.07. The number of hydrogen-bond acceptors (Lipinski definition) is 4. The molecular weight excluding hydrogens is 260 g/mol. The van der Waals surface area contributed by atoms with Gasteiger partial charge in [0.25, 0.3) is 0 Å². The van der Waals surface area contributed by atoms with Gasteiger partial charge in [-0.1, -0.05) is 13.8 Å². The summed E-state index contributed by atoms with van der Waals surface area (Å²) < 4.78 is 1.47. The van der Waals surface area contributed by atoms with Crippen molar-refractivity contribution in [2.24, 2.45) is 0 Å². The number of aromatic carboxylic acids is 1. The maximum absolute atomic E-state index is 11.6. The number of likely N-dealkylation sites (N-methyl/N-ethyl adjacent to an activating group) is 1. The molecule has 1 aromatic rings. The van der Waals surface area contributed by atoms with E-state index < -0.39 is 5.97 Å². The van der Waals surface area contributed by atoms with Crippen LogP contribution in [0.2, 0.25) is 0 Å². The van der Waals surface area contributed by atoms with Gasteiger partial charge in [-0.05, 0) is 13.1 Å². The summed E-state index contributed by atoms with van der Waals surface area (Å²) in [6.45, 7) is 7.95. The highest BCUT2D eigenvalue weighted by Crippen LogP contribution is 1.98. The number of amides is 1. The van der Waals surface area contributed by atoms with Crippen molar-refractivity contribution in [1.29, 1.82) is 0 Å². The molecule has 0 unspecified atom stereocenters. The van der Waals surface area contributed by atoms with Crippen LogP contribution < -0.4 is 5.32 Å². The summed E-state index contributed by atoms with van der Waals surface area (Å²) in [5.41, 5.74) is 0.131. The van der Waals surface area contributed by atoms with E-state index in [1.807, 2.05) is 0 Å². The summed E-state index contributed by atoms with van der Waals surface area (Å²) in [5, 5.41) is 15.5. The van der Waals surface area contributed by atoms with E-state index in [1.54, 1.807) is 0 Å². The van der Waals surface area contributed by atoms with E-state index >= 15 is 0 Å². The number of nitrogens with zero attached hydrogens (tertiary/aromatic N) is 3. The first-order valence-corrected chi connectivity index (χ1v) is 6.81. The number of rotatable bonds is 9. The largest absolute Gasteiger partial charge is 0.478 e. The molecule has 0 radical (unpaired) electrons. The van der Waals surface area contributed by atoms with Crippen LogP contribution in [0.5, 0.6) is 0 Å². The van der Waals surface area contributed by atoms with Crippen LogP contribution in [-0.2, 0) is 11.3 Å². The Kier molecular flexibility index (Phi) is 6.72. The number of carbonyl (C=O) groups excluding carboxylic acids is 1. The van der Waals surface area contributed by atoms with Crippen molar-refractivity contribution in [3.8, 4) is 0 Å². The Bertz CT molecular complexity index is 441. The van der Waals surface area contributed by atoms with Gasteiger partial charge in [0.15, 0.2) is 0 Å². The number of carboxylic acid groups (broad SMARTS) is 1. The fraction of sp³-hybridized carbons (Fsp3) is 0.615. The molecule has 20 heavy (non-hydrogen) atoms. The molecule has 0 atom stereocenters. The van der Waals surface area contributed by atoms with Crippen molar-refractivity contribution in [3.63, 3.8) is 0 Å². The number of carboxylic acids is 1. The van der Waals surface area contributed by atoms with Gasteiger partial charge in [-0.25, -0.2) is 4.79 Å². The van der Waals surface area contributed by atoms with E-state index in [0.29, 0.717) is 19.5 Å². The van der Waals surface area contributed by atoms with Crippen molar-refractivity contribution in [2.45, 2.75) is 26.8 Å². The van der Waals surface area contributed by atoms with Crippen LogP contribution >= 0.6 is 0 Å². The molecule has 7 nitrogen and oxygen atoms in total. The molecule has 0 aliphatic rings. The van der Waals surface area contributed by atoms with Gasteiger partial charge in [0.05, 0.1) is 11.8 Å². The lowest BCUT2D eigenvalue weighted by atomic mass is 10.3. The fourth-order valence-electron chi connectivity index (χ4n) is 1.79. The average molecular weight is 282 g/mol. The molecule has 0 aliphatic carbocycles. The highest BCUT2D eigenvalue weighted by Gasteiger charge is 2.07. The maximum atomic E-state index is 11.6. The third kappa shape index (κ3) is 5.40. The Hall–Kier alpha value is -1.89. The molecule has 1 amide bonds. The molecule has 0 spiro atoms. The van der Waals surface area contributed by atoms with Gasteiger partial charge in [-0.3, -0.25) is 9.48 Å². The molecule has 1 heterocycles. The number of nitrogens with one attached hydrogen (secondary N) is 1. The Morgan fingerprint density at radius 3 is 2.65 bits per heavy atom. The van der Waals surface area contributed by atoms with E-state index in [4.69, 9.17) is 5.11 Å². The molecule has 0 saturated carbocycles. The second-order valence-electron chi connectivity index (χ2n) is 4.42. The zero-order valence-electron chi connectivity index (χ0n) is 12.0. The first-order valence-electron chi connectivity index (χ1n) is 6.81. The van der Waals surface area contributed by atoms with Gasteiger partial charge < -0.3 is 15.3 Å². The predicted octanol–water partition coefficient (Wildman–Crippen LogP) is 0.429. The lowest BCUT2D eigenvalue weighted by Gasteiger charge is -2.17. The average Bonchev–Trinajstić information content (AvgIpc) is 2.90. The van der Waals surface area contributed by atoms with Crippen molar-refractivity contribution in [1.82, 2.24) is 20.0 Å². The summed E-state index contributed by atoms with van der Waals surface area (Å²) >= 11 is 0. The smallest absolute Gasteiger partial charge is 0.338 e. The highest BCUT2D eigenvalue weighted by molar-refractivity contribution is 5.86. The zero-order chi connectivity index (χ0) is 15.0. The molecule has 0 aromatic carbocycles. The van der Waals surface area contributed by atoms with E-state index in [0.717, 1.165) is 19.6 Å². The van der Waals surface area contributed by atoms with Crippen LogP contribution in [0.25, 0.3) is 0 Å². The van der Waals surface area contributed by atoms with Gasteiger partial charge in [-0.15, -0.1) is 0 Å². The fourth-order valence-corrected chi connectivity index (χ4v) is 1.79. The molecule has 0 saturated heterocycles. The number of aryl methyl sites for hydroxylation is 1. The SMILES string of the molecule is CCN(CC)CCNC(=O)CCn1cc(C(=O)O)cn1. The molecule has 7 heteroatoms. The summed E-state index contributed by atoms with van der Waals surface area (Å²) in [6.07, 6.45) is 2.99. The second-order valence-corrected chi connectivity index (χ2v) is 4.42. The van der Waals surface area contributed by atoms with Gasteiger partial charge in [0.1, 0.15) is 0 Å². The summed E-state index contributed by atoms with van der Waals surface area (Å²) in [4.78, 5) is 24.5. The molecule has 0 fully saturated rings. The number of aromatic nitrogens is 2. The number of carbonyl (C=O) groups is 2. The van der Waals surface area contributed by atoms with Gasteiger partial charge in [-0.2, -0.15) is 5.10 Å². The van der Waals surface area contributed by atoms with Crippen molar-refractivity contribution < 1.29 is 14.7 Å². The van der Waals surface area contributed by atoms with Crippen LogP contribution in [-0.4, -0.2) is 57.8 Å². The summed E-state index contributed by atoms with van der Waals surface area (Å²) in [7, 11) is 0. The van der Waals surface area contributed by atoms with Crippen LogP contribution in [0, 0.1) is 0 Å². The Labute approximate surface area is 118 Å².